The second kappa shape index (κ2) is 6.29. The number of ether oxygens (including phenoxy) is 1. The van der Waals surface area contributed by atoms with Gasteiger partial charge in [0, 0.05) is 22.9 Å². The Morgan fingerprint density at radius 3 is 2.43 bits per heavy atom. The molecule has 118 valence electrons. The fraction of sp³-hybridized carbons (Fsp3) is 0.250. The molecule has 0 fully saturated rings. The summed E-state index contributed by atoms with van der Waals surface area (Å²) >= 11 is 0. The summed E-state index contributed by atoms with van der Waals surface area (Å²) in [7, 11) is 0. The largest absolute Gasteiger partial charge is 0.493 e. The van der Waals surface area contributed by atoms with Crippen LogP contribution in [-0.4, -0.2) is 6.61 Å². The molecule has 1 aromatic heterocycles. The predicted octanol–water partition coefficient (Wildman–Crippen LogP) is 4.40. The monoisotopic (exact) mass is 308 g/mol. The summed E-state index contributed by atoms with van der Waals surface area (Å²) in [5, 5.41) is 0.969. The maximum Gasteiger partial charge on any atom is 0.340 e. The molecule has 3 aromatic rings. The average Bonchev–Trinajstić information content (AvgIpc) is 2.56. The van der Waals surface area contributed by atoms with Crippen molar-refractivity contribution in [3.8, 4) is 5.75 Å². The van der Waals surface area contributed by atoms with Gasteiger partial charge in [-0.3, -0.25) is 0 Å². The molecule has 0 saturated heterocycles. The summed E-state index contributed by atoms with van der Waals surface area (Å²) in [6.07, 6.45) is 0.581. The van der Waals surface area contributed by atoms with Crippen molar-refractivity contribution in [2.45, 2.75) is 27.2 Å². The summed E-state index contributed by atoms with van der Waals surface area (Å²) in [5.41, 5.74) is 4.02. The van der Waals surface area contributed by atoms with Gasteiger partial charge in [0.15, 0.2) is 0 Å². The fourth-order valence-corrected chi connectivity index (χ4v) is 2.89. The molecular weight excluding hydrogens is 288 g/mol. The van der Waals surface area contributed by atoms with Gasteiger partial charge in [-0.15, -0.1) is 0 Å². The molecule has 3 nitrogen and oxygen atoms in total. The van der Waals surface area contributed by atoms with E-state index in [-0.39, 0.29) is 5.63 Å². The van der Waals surface area contributed by atoms with E-state index in [2.05, 4.69) is 0 Å². The average molecular weight is 308 g/mol. The van der Waals surface area contributed by atoms with Gasteiger partial charge in [-0.25, -0.2) is 4.79 Å². The van der Waals surface area contributed by atoms with Crippen molar-refractivity contribution in [1.82, 2.24) is 0 Å². The molecule has 3 rings (SSSR count). The maximum absolute atomic E-state index is 12.5. The van der Waals surface area contributed by atoms with Crippen LogP contribution in [0, 0.1) is 13.8 Å². The van der Waals surface area contributed by atoms with Crippen molar-refractivity contribution in [3.05, 3.63) is 75.1 Å². The molecule has 0 aliphatic rings. The molecule has 0 bridgehead atoms. The van der Waals surface area contributed by atoms with E-state index in [1.807, 2.05) is 63.2 Å². The van der Waals surface area contributed by atoms with Crippen molar-refractivity contribution in [1.29, 1.82) is 0 Å². The molecule has 0 aliphatic carbocycles. The summed E-state index contributed by atoms with van der Waals surface area (Å²) < 4.78 is 11.2. The van der Waals surface area contributed by atoms with E-state index in [1.165, 1.54) is 0 Å². The molecule has 0 spiro atoms. The number of aryl methyl sites for hydroxylation is 2. The summed E-state index contributed by atoms with van der Waals surface area (Å²) in [4.78, 5) is 12.5. The Labute approximate surface area is 135 Å². The maximum atomic E-state index is 12.5. The molecule has 1 heterocycles. The van der Waals surface area contributed by atoms with E-state index < -0.39 is 0 Å². The number of benzene rings is 2. The predicted molar refractivity (Wildman–Crippen MR) is 92.4 cm³/mol. The highest BCUT2D eigenvalue weighted by Crippen LogP contribution is 2.29. The topological polar surface area (TPSA) is 39.4 Å². The molecule has 23 heavy (non-hydrogen) atoms. The summed E-state index contributed by atoms with van der Waals surface area (Å²) in [5.74, 6) is 0.762. The Morgan fingerprint density at radius 1 is 1.00 bits per heavy atom. The highest BCUT2D eigenvalue weighted by Gasteiger charge is 2.15. The highest BCUT2D eigenvalue weighted by atomic mass is 16.5. The third-order valence-electron chi connectivity index (χ3n) is 4.18. The second-order valence-electron chi connectivity index (χ2n) is 5.65. The van der Waals surface area contributed by atoms with Crippen LogP contribution in [0.3, 0.4) is 0 Å². The minimum atomic E-state index is -0.268. The van der Waals surface area contributed by atoms with Gasteiger partial charge >= 0.3 is 5.63 Å². The molecule has 2 aromatic carbocycles. The van der Waals surface area contributed by atoms with Crippen LogP contribution in [0.4, 0.5) is 0 Å². The molecular formula is C20H20O3. The first kappa shape index (κ1) is 15.3. The van der Waals surface area contributed by atoms with Crippen molar-refractivity contribution < 1.29 is 9.15 Å². The molecule has 0 saturated carbocycles. The van der Waals surface area contributed by atoms with Crippen LogP contribution in [0.5, 0.6) is 5.75 Å². The van der Waals surface area contributed by atoms with Gasteiger partial charge in [0.2, 0.25) is 0 Å². The Morgan fingerprint density at radius 2 is 1.74 bits per heavy atom. The van der Waals surface area contributed by atoms with Crippen molar-refractivity contribution in [2.75, 3.05) is 6.61 Å². The third kappa shape index (κ3) is 2.87. The van der Waals surface area contributed by atoms with Gasteiger partial charge in [-0.2, -0.15) is 0 Å². The first-order chi connectivity index (χ1) is 11.1. The Balaban J connectivity index is 2.15. The van der Waals surface area contributed by atoms with Crippen LogP contribution in [0.15, 0.2) is 51.7 Å². The van der Waals surface area contributed by atoms with Gasteiger partial charge in [0.1, 0.15) is 11.3 Å². The lowest BCUT2D eigenvalue weighted by atomic mass is 9.98. The highest BCUT2D eigenvalue weighted by molar-refractivity contribution is 5.85. The smallest absolute Gasteiger partial charge is 0.340 e. The number of hydrogen-bond donors (Lipinski definition) is 0. The van der Waals surface area contributed by atoms with E-state index in [4.69, 9.17) is 9.15 Å². The van der Waals surface area contributed by atoms with Gasteiger partial charge < -0.3 is 9.15 Å². The van der Waals surface area contributed by atoms with Gasteiger partial charge in [0.25, 0.3) is 0 Å². The summed E-state index contributed by atoms with van der Waals surface area (Å²) in [6.45, 7) is 6.43. The second-order valence-corrected chi connectivity index (χ2v) is 5.65. The Bertz CT molecular complexity index is 892. The van der Waals surface area contributed by atoms with Crippen LogP contribution in [-0.2, 0) is 6.42 Å². The lowest BCUT2D eigenvalue weighted by Gasteiger charge is -2.12. The Hall–Kier alpha value is -2.55. The van der Waals surface area contributed by atoms with Crippen molar-refractivity contribution >= 4 is 11.0 Å². The molecule has 0 atom stereocenters. The standard InChI is InChI=1S/C20H20O3/c1-4-22-18-11-10-16-13(2)17(12-15-8-6-5-7-9-15)20(21)23-19(16)14(18)3/h5-11H,4,12H2,1-3H3. The molecule has 0 unspecified atom stereocenters. The molecule has 0 N–H and O–H groups in total. The van der Waals surface area contributed by atoms with E-state index in [0.29, 0.717) is 24.2 Å². The van der Waals surface area contributed by atoms with E-state index in [1.54, 1.807) is 0 Å². The van der Waals surface area contributed by atoms with E-state index in [0.717, 1.165) is 27.8 Å². The number of fused-ring (bicyclic) bond motifs is 1. The van der Waals surface area contributed by atoms with Crippen molar-refractivity contribution in [2.24, 2.45) is 0 Å². The van der Waals surface area contributed by atoms with Crippen LogP contribution in [0.2, 0.25) is 0 Å². The van der Waals surface area contributed by atoms with Crippen molar-refractivity contribution in [3.63, 3.8) is 0 Å². The minimum absolute atomic E-state index is 0.268. The zero-order valence-electron chi connectivity index (χ0n) is 13.7. The normalized spacial score (nSPS) is 10.9. The first-order valence-electron chi connectivity index (χ1n) is 7.84. The van der Waals surface area contributed by atoms with E-state index >= 15 is 0 Å². The zero-order valence-corrected chi connectivity index (χ0v) is 13.7. The van der Waals surface area contributed by atoms with Crippen LogP contribution in [0.1, 0.15) is 29.2 Å². The number of hydrogen-bond acceptors (Lipinski definition) is 3. The van der Waals surface area contributed by atoms with Crippen LogP contribution < -0.4 is 10.4 Å². The third-order valence-corrected chi connectivity index (χ3v) is 4.18. The fourth-order valence-electron chi connectivity index (χ4n) is 2.89. The molecule has 0 aliphatic heterocycles. The molecule has 0 amide bonds. The van der Waals surface area contributed by atoms with Crippen LogP contribution >= 0.6 is 0 Å². The van der Waals surface area contributed by atoms with Gasteiger partial charge in [0.05, 0.1) is 6.61 Å². The van der Waals surface area contributed by atoms with E-state index in [9.17, 15) is 4.79 Å². The van der Waals surface area contributed by atoms with Crippen LogP contribution in [0.25, 0.3) is 11.0 Å². The lowest BCUT2D eigenvalue weighted by Crippen LogP contribution is -2.11. The zero-order chi connectivity index (χ0) is 16.4. The van der Waals surface area contributed by atoms with Gasteiger partial charge in [-0.1, -0.05) is 30.3 Å². The minimum Gasteiger partial charge on any atom is -0.493 e. The molecule has 3 heteroatoms. The SMILES string of the molecule is CCOc1ccc2c(C)c(Cc3ccccc3)c(=O)oc2c1C. The Kier molecular flexibility index (Phi) is 4.20. The van der Waals surface area contributed by atoms with Gasteiger partial charge in [-0.05, 0) is 44.0 Å². The lowest BCUT2D eigenvalue weighted by molar-refractivity contribution is 0.337. The first-order valence-corrected chi connectivity index (χ1v) is 7.84. The number of rotatable bonds is 4. The quantitative estimate of drug-likeness (QED) is 0.671. The summed E-state index contributed by atoms with van der Waals surface area (Å²) in [6, 6.07) is 13.9. The molecule has 0 radical (unpaired) electrons.